The van der Waals surface area contributed by atoms with Crippen molar-refractivity contribution < 1.29 is 9.59 Å². The Bertz CT molecular complexity index is 792. The largest absolute Gasteiger partial charge is 0.329 e. The van der Waals surface area contributed by atoms with Crippen LogP contribution in [0.2, 0.25) is 10.0 Å². The molecule has 0 bridgehead atoms. The number of hydrogen-bond donors (Lipinski definition) is 1. The van der Waals surface area contributed by atoms with Crippen molar-refractivity contribution in [2.24, 2.45) is 0 Å². The summed E-state index contributed by atoms with van der Waals surface area (Å²) in [4.78, 5) is 26.3. The average molecular weight is 349 g/mol. The number of anilines is 1. The van der Waals surface area contributed by atoms with E-state index in [4.69, 9.17) is 23.2 Å². The molecular weight excluding hydrogens is 335 g/mol. The van der Waals surface area contributed by atoms with Gasteiger partial charge in [-0.05, 0) is 30.2 Å². The zero-order chi connectivity index (χ0) is 16.6. The summed E-state index contributed by atoms with van der Waals surface area (Å²) in [5, 5.41) is 3.51. The van der Waals surface area contributed by atoms with Crippen LogP contribution in [0.4, 0.5) is 10.5 Å². The van der Waals surface area contributed by atoms with E-state index in [1.54, 1.807) is 30.3 Å². The maximum absolute atomic E-state index is 12.8. The van der Waals surface area contributed by atoms with E-state index >= 15 is 0 Å². The number of imide groups is 1. The lowest BCUT2D eigenvalue weighted by atomic mass is 10.1. The Morgan fingerprint density at radius 3 is 2.57 bits per heavy atom. The van der Waals surface area contributed by atoms with E-state index < -0.39 is 12.1 Å². The summed E-state index contributed by atoms with van der Waals surface area (Å²) in [5.41, 5.74) is 2.06. The molecule has 3 amide bonds. The maximum Gasteiger partial charge on any atom is 0.329 e. The normalized spacial score (nSPS) is 17.5. The van der Waals surface area contributed by atoms with Crippen LogP contribution < -0.4 is 10.2 Å². The van der Waals surface area contributed by atoms with Crippen LogP contribution in [-0.4, -0.2) is 11.9 Å². The molecule has 4 nitrogen and oxygen atoms in total. The Balaban J connectivity index is 2.00. The number of benzene rings is 2. The van der Waals surface area contributed by atoms with Gasteiger partial charge >= 0.3 is 6.03 Å². The number of urea groups is 1. The lowest BCUT2D eigenvalue weighted by Crippen LogP contribution is -2.31. The van der Waals surface area contributed by atoms with Gasteiger partial charge in [0, 0.05) is 15.6 Å². The van der Waals surface area contributed by atoms with Crippen molar-refractivity contribution in [3.05, 3.63) is 63.6 Å². The summed E-state index contributed by atoms with van der Waals surface area (Å²) >= 11 is 12.1. The van der Waals surface area contributed by atoms with Crippen LogP contribution in [0.5, 0.6) is 0 Å². The highest BCUT2D eigenvalue weighted by Gasteiger charge is 2.41. The number of carbonyl (C=O) groups is 2. The second-order valence-corrected chi connectivity index (χ2v) is 6.05. The maximum atomic E-state index is 12.8. The van der Waals surface area contributed by atoms with E-state index in [2.05, 4.69) is 5.32 Å². The summed E-state index contributed by atoms with van der Waals surface area (Å²) in [7, 11) is 0. The predicted molar refractivity (Wildman–Crippen MR) is 91.0 cm³/mol. The minimum absolute atomic E-state index is 0.347. The monoisotopic (exact) mass is 348 g/mol. The molecule has 0 saturated carbocycles. The smallest absolute Gasteiger partial charge is 0.321 e. The van der Waals surface area contributed by atoms with Gasteiger partial charge in [0.25, 0.3) is 5.91 Å². The molecule has 0 spiro atoms. The second-order valence-electron chi connectivity index (χ2n) is 5.20. The van der Waals surface area contributed by atoms with Gasteiger partial charge in [-0.15, -0.1) is 0 Å². The van der Waals surface area contributed by atoms with E-state index in [1.807, 2.05) is 19.1 Å². The summed E-state index contributed by atoms with van der Waals surface area (Å²) in [6, 6.07) is 10.9. The Labute approximate surface area is 144 Å². The highest BCUT2D eigenvalue weighted by molar-refractivity contribution is 6.35. The molecule has 0 aliphatic carbocycles. The molecule has 2 aromatic rings. The number of hydrogen-bond acceptors (Lipinski definition) is 2. The number of halogens is 2. The van der Waals surface area contributed by atoms with Crippen molar-refractivity contribution >= 4 is 40.8 Å². The molecule has 1 aliphatic heterocycles. The minimum atomic E-state index is -0.808. The van der Waals surface area contributed by atoms with Crippen molar-refractivity contribution in [3.63, 3.8) is 0 Å². The van der Waals surface area contributed by atoms with Gasteiger partial charge in [0.05, 0.1) is 5.69 Å². The average Bonchev–Trinajstić information content (AvgIpc) is 2.82. The van der Waals surface area contributed by atoms with E-state index in [9.17, 15) is 9.59 Å². The van der Waals surface area contributed by atoms with Crippen LogP contribution in [0.3, 0.4) is 0 Å². The molecule has 1 aliphatic rings. The molecule has 0 radical (unpaired) electrons. The van der Waals surface area contributed by atoms with E-state index in [-0.39, 0.29) is 5.91 Å². The molecule has 1 N–H and O–H groups in total. The summed E-state index contributed by atoms with van der Waals surface area (Å²) < 4.78 is 0. The van der Waals surface area contributed by atoms with Crippen LogP contribution in [0.15, 0.2) is 42.5 Å². The summed E-state index contributed by atoms with van der Waals surface area (Å²) in [5.74, 6) is -0.347. The number of para-hydroxylation sites is 1. The van der Waals surface area contributed by atoms with Gasteiger partial charge in [-0.3, -0.25) is 4.79 Å². The predicted octanol–water partition coefficient (Wildman–Crippen LogP) is 4.35. The van der Waals surface area contributed by atoms with Gasteiger partial charge in [-0.1, -0.05) is 54.4 Å². The van der Waals surface area contributed by atoms with Gasteiger partial charge in [0.15, 0.2) is 0 Å². The lowest BCUT2D eigenvalue weighted by Gasteiger charge is -2.17. The van der Waals surface area contributed by atoms with Gasteiger partial charge in [0.2, 0.25) is 0 Å². The van der Waals surface area contributed by atoms with Crippen LogP contribution in [0.1, 0.15) is 24.1 Å². The Morgan fingerprint density at radius 1 is 1.13 bits per heavy atom. The zero-order valence-corrected chi connectivity index (χ0v) is 13.9. The van der Waals surface area contributed by atoms with E-state index in [0.29, 0.717) is 21.3 Å². The first-order valence-corrected chi connectivity index (χ1v) is 7.96. The molecule has 1 unspecified atom stereocenters. The van der Waals surface area contributed by atoms with Crippen LogP contribution >= 0.6 is 23.2 Å². The molecule has 2 aromatic carbocycles. The topological polar surface area (TPSA) is 49.4 Å². The van der Waals surface area contributed by atoms with E-state index in [0.717, 1.165) is 12.0 Å². The lowest BCUT2D eigenvalue weighted by molar-refractivity contribution is -0.118. The molecular formula is C17H14Cl2N2O2. The number of rotatable bonds is 3. The highest BCUT2D eigenvalue weighted by Crippen LogP contribution is 2.33. The summed E-state index contributed by atoms with van der Waals surface area (Å²) in [6.07, 6.45) is 0.722. The molecule has 1 atom stereocenters. The highest BCUT2D eigenvalue weighted by atomic mass is 35.5. The fraction of sp³-hybridized carbons (Fsp3) is 0.176. The molecule has 118 valence electrons. The first kappa shape index (κ1) is 15.8. The van der Waals surface area contributed by atoms with Gasteiger partial charge in [0.1, 0.15) is 6.04 Å². The molecule has 0 aromatic heterocycles. The standard InChI is InChI=1S/C17H14Cl2N2O2/c1-2-10-5-3-4-6-14(10)21-16(22)15(20-17(21)23)12-8-7-11(18)9-13(12)19/h3-9,15H,2H2,1H3,(H,20,23). The second kappa shape index (κ2) is 6.22. The number of carbonyl (C=O) groups excluding carboxylic acids is 2. The van der Waals surface area contributed by atoms with Crippen LogP contribution in [-0.2, 0) is 11.2 Å². The number of amides is 3. The van der Waals surface area contributed by atoms with Crippen LogP contribution in [0.25, 0.3) is 0 Å². The summed E-state index contributed by atoms with van der Waals surface area (Å²) in [6.45, 7) is 1.98. The van der Waals surface area contributed by atoms with Gasteiger partial charge < -0.3 is 5.32 Å². The third-order valence-electron chi connectivity index (χ3n) is 3.83. The molecule has 6 heteroatoms. The van der Waals surface area contributed by atoms with Crippen LogP contribution in [0, 0.1) is 0 Å². The van der Waals surface area contributed by atoms with Crippen molar-refractivity contribution in [3.8, 4) is 0 Å². The first-order chi connectivity index (χ1) is 11.0. The van der Waals surface area contributed by atoms with Crippen molar-refractivity contribution in [1.29, 1.82) is 0 Å². The number of nitrogens with zero attached hydrogens (tertiary/aromatic N) is 1. The van der Waals surface area contributed by atoms with Crippen molar-refractivity contribution in [2.75, 3.05) is 4.90 Å². The Morgan fingerprint density at radius 2 is 1.87 bits per heavy atom. The molecule has 23 heavy (non-hydrogen) atoms. The fourth-order valence-corrected chi connectivity index (χ4v) is 3.20. The molecule has 1 fully saturated rings. The van der Waals surface area contributed by atoms with Gasteiger partial charge in [-0.2, -0.15) is 0 Å². The SMILES string of the molecule is CCc1ccccc1N1C(=O)NC(c2ccc(Cl)cc2Cl)C1=O. The van der Waals surface area contributed by atoms with Crippen molar-refractivity contribution in [2.45, 2.75) is 19.4 Å². The Hall–Kier alpha value is -2.04. The first-order valence-electron chi connectivity index (χ1n) is 7.20. The number of nitrogens with one attached hydrogen (secondary N) is 1. The molecule has 1 heterocycles. The molecule has 1 saturated heterocycles. The third kappa shape index (κ3) is 2.80. The third-order valence-corrected chi connectivity index (χ3v) is 4.39. The molecule has 3 rings (SSSR count). The minimum Gasteiger partial charge on any atom is -0.321 e. The number of aryl methyl sites for hydroxylation is 1. The quantitative estimate of drug-likeness (QED) is 0.838. The zero-order valence-electron chi connectivity index (χ0n) is 12.3. The van der Waals surface area contributed by atoms with Gasteiger partial charge in [-0.25, -0.2) is 9.69 Å². The van der Waals surface area contributed by atoms with E-state index in [1.165, 1.54) is 4.90 Å². The Kier molecular flexibility index (Phi) is 4.28. The van der Waals surface area contributed by atoms with Crippen molar-refractivity contribution in [1.82, 2.24) is 5.32 Å². The fourth-order valence-electron chi connectivity index (χ4n) is 2.68.